The van der Waals surface area contributed by atoms with Crippen molar-refractivity contribution in [2.24, 2.45) is 11.8 Å². The minimum Gasteiger partial charge on any atom is -0.469 e. The van der Waals surface area contributed by atoms with Gasteiger partial charge >= 0.3 is 5.97 Å². The molecule has 0 radical (unpaired) electrons. The van der Waals surface area contributed by atoms with Crippen LogP contribution in [-0.4, -0.2) is 13.1 Å². The topological polar surface area (TPSA) is 26.3 Å². The first-order chi connectivity index (χ1) is 9.65. The maximum Gasteiger partial charge on any atom is 0.309 e. The lowest BCUT2D eigenvalue weighted by molar-refractivity contribution is -0.147. The Balaban J connectivity index is 2.25. The predicted molar refractivity (Wildman–Crippen MR) is 82.6 cm³/mol. The van der Waals surface area contributed by atoms with E-state index >= 15 is 0 Å². The first-order valence-corrected chi connectivity index (χ1v) is 7.21. The molecule has 2 atom stereocenters. The fourth-order valence-corrected chi connectivity index (χ4v) is 2.57. The van der Waals surface area contributed by atoms with Crippen molar-refractivity contribution in [2.75, 3.05) is 7.11 Å². The monoisotopic (exact) mass is 270 g/mol. The minimum absolute atomic E-state index is 0.0637. The second-order valence-corrected chi connectivity index (χ2v) is 5.40. The molecular weight excluding hydrogens is 248 g/mol. The molecule has 0 saturated heterocycles. The van der Waals surface area contributed by atoms with Crippen molar-refractivity contribution < 1.29 is 9.53 Å². The van der Waals surface area contributed by atoms with Crippen molar-refractivity contribution in [1.82, 2.24) is 0 Å². The Labute approximate surface area is 120 Å². The summed E-state index contributed by atoms with van der Waals surface area (Å²) in [5.41, 5.74) is 1.19. The molecule has 0 N–H and O–H groups in total. The second-order valence-electron chi connectivity index (χ2n) is 5.40. The van der Waals surface area contributed by atoms with E-state index in [0.717, 1.165) is 12.8 Å². The molecule has 2 aromatic carbocycles. The quantitative estimate of drug-likeness (QED) is 0.760. The fraction of sp³-hybridized carbons (Fsp3) is 0.389. The highest BCUT2D eigenvalue weighted by molar-refractivity contribution is 5.83. The molecule has 2 heteroatoms. The van der Waals surface area contributed by atoms with Crippen LogP contribution in [0.3, 0.4) is 0 Å². The Morgan fingerprint density at radius 1 is 1.15 bits per heavy atom. The molecule has 0 aromatic heterocycles. The van der Waals surface area contributed by atoms with E-state index in [-0.39, 0.29) is 11.9 Å². The number of rotatable bonds is 5. The van der Waals surface area contributed by atoms with Gasteiger partial charge in [-0.15, -0.1) is 0 Å². The smallest absolute Gasteiger partial charge is 0.309 e. The second kappa shape index (κ2) is 6.56. The molecule has 2 rings (SSSR count). The van der Waals surface area contributed by atoms with Gasteiger partial charge in [0.1, 0.15) is 0 Å². The molecule has 106 valence electrons. The third-order valence-electron chi connectivity index (χ3n) is 4.10. The van der Waals surface area contributed by atoms with Gasteiger partial charge in [-0.1, -0.05) is 62.7 Å². The normalized spacial score (nSPS) is 13.9. The summed E-state index contributed by atoms with van der Waals surface area (Å²) in [5, 5.41) is 2.45. The Kier molecular flexibility index (Phi) is 4.78. The van der Waals surface area contributed by atoms with Gasteiger partial charge in [0.15, 0.2) is 0 Å². The molecule has 0 heterocycles. The zero-order valence-electron chi connectivity index (χ0n) is 12.4. The number of benzene rings is 2. The molecule has 0 spiro atoms. The average molecular weight is 270 g/mol. The summed E-state index contributed by atoms with van der Waals surface area (Å²) in [4.78, 5) is 12.0. The number of fused-ring (bicyclic) bond motifs is 1. The molecule has 2 unspecified atom stereocenters. The van der Waals surface area contributed by atoms with Crippen LogP contribution in [0, 0.1) is 11.8 Å². The molecule has 0 saturated carbocycles. The van der Waals surface area contributed by atoms with Crippen molar-refractivity contribution in [3.8, 4) is 0 Å². The van der Waals surface area contributed by atoms with Crippen LogP contribution in [-0.2, 0) is 16.0 Å². The molecule has 0 aliphatic rings. The molecule has 0 aliphatic heterocycles. The number of esters is 1. The maximum atomic E-state index is 12.0. The lowest BCUT2D eigenvalue weighted by atomic mass is 9.86. The van der Waals surface area contributed by atoms with Gasteiger partial charge in [0.05, 0.1) is 13.0 Å². The zero-order chi connectivity index (χ0) is 14.5. The number of carbonyl (C=O) groups excluding carboxylic acids is 1. The summed E-state index contributed by atoms with van der Waals surface area (Å²) in [7, 11) is 1.47. The van der Waals surface area contributed by atoms with Crippen molar-refractivity contribution in [3.05, 3.63) is 48.0 Å². The largest absolute Gasteiger partial charge is 0.469 e. The minimum atomic E-state index is -0.104. The molecule has 0 fully saturated rings. The van der Waals surface area contributed by atoms with Crippen LogP contribution in [0.5, 0.6) is 0 Å². The van der Waals surface area contributed by atoms with Gasteiger partial charge < -0.3 is 4.74 Å². The maximum absolute atomic E-state index is 12.0. The van der Waals surface area contributed by atoms with Crippen LogP contribution in [0.2, 0.25) is 0 Å². The van der Waals surface area contributed by atoms with Crippen molar-refractivity contribution in [3.63, 3.8) is 0 Å². The molecular formula is C18H22O2. The highest BCUT2D eigenvalue weighted by Gasteiger charge is 2.25. The molecule has 0 aliphatic carbocycles. The van der Waals surface area contributed by atoms with Crippen molar-refractivity contribution in [1.29, 1.82) is 0 Å². The van der Waals surface area contributed by atoms with Gasteiger partial charge in [-0.05, 0) is 28.7 Å². The number of hydrogen-bond acceptors (Lipinski definition) is 2. The lowest BCUT2D eigenvalue weighted by Gasteiger charge is -2.20. The summed E-state index contributed by atoms with van der Waals surface area (Å²) >= 11 is 0. The molecule has 2 aromatic rings. The summed E-state index contributed by atoms with van der Waals surface area (Å²) in [6.45, 7) is 4.23. The SMILES string of the molecule is CCC(C)C(Cc1ccc2ccccc2c1)C(=O)OC. The number of carbonyl (C=O) groups is 1. The number of ether oxygens (including phenoxy) is 1. The predicted octanol–water partition coefficient (Wildman–Crippen LogP) is 4.22. The first-order valence-electron chi connectivity index (χ1n) is 7.21. The van der Waals surface area contributed by atoms with Gasteiger partial charge in [-0.25, -0.2) is 0 Å². The van der Waals surface area contributed by atoms with Crippen LogP contribution in [0.25, 0.3) is 10.8 Å². The lowest BCUT2D eigenvalue weighted by Crippen LogP contribution is -2.25. The van der Waals surface area contributed by atoms with E-state index in [1.54, 1.807) is 0 Å². The van der Waals surface area contributed by atoms with Crippen LogP contribution >= 0.6 is 0 Å². The van der Waals surface area contributed by atoms with Gasteiger partial charge in [-0.2, -0.15) is 0 Å². The Bertz CT molecular complexity index is 589. The first kappa shape index (κ1) is 14.6. The Morgan fingerprint density at radius 2 is 1.85 bits per heavy atom. The third kappa shape index (κ3) is 3.19. The van der Waals surface area contributed by atoms with Crippen LogP contribution < -0.4 is 0 Å². The highest BCUT2D eigenvalue weighted by Crippen LogP contribution is 2.24. The number of methoxy groups -OCH3 is 1. The summed E-state index contributed by atoms with van der Waals surface area (Å²) in [6.07, 6.45) is 1.72. The summed E-state index contributed by atoms with van der Waals surface area (Å²) in [5.74, 6) is 0.160. The van der Waals surface area contributed by atoms with Gasteiger partial charge in [0.25, 0.3) is 0 Å². The molecule has 20 heavy (non-hydrogen) atoms. The van der Waals surface area contributed by atoms with E-state index in [4.69, 9.17) is 4.74 Å². The highest BCUT2D eigenvalue weighted by atomic mass is 16.5. The number of hydrogen-bond donors (Lipinski definition) is 0. The summed E-state index contributed by atoms with van der Waals surface area (Å²) < 4.78 is 4.96. The fourth-order valence-electron chi connectivity index (χ4n) is 2.57. The van der Waals surface area contributed by atoms with E-state index in [9.17, 15) is 4.79 Å². The van der Waals surface area contributed by atoms with Gasteiger partial charge in [0.2, 0.25) is 0 Å². The Hall–Kier alpha value is -1.83. The van der Waals surface area contributed by atoms with Crippen molar-refractivity contribution in [2.45, 2.75) is 26.7 Å². The van der Waals surface area contributed by atoms with Crippen LogP contribution in [0.1, 0.15) is 25.8 Å². The molecule has 2 nitrogen and oxygen atoms in total. The standard InChI is InChI=1S/C18H22O2/c1-4-13(2)17(18(19)20-3)12-14-9-10-15-7-5-6-8-16(15)11-14/h5-11,13,17H,4,12H2,1-3H3. The van der Waals surface area contributed by atoms with E-state index in [2.05, 4.69) is 44.2 Å². The van der Waals surface area contributed by atoms with E-state index in [0.29, 0.717) is 5.92 Å². The van der Waals surface area contributed by atoms with Crippen LogP contribution in [0.15, 0.2) is 42.5 Å². The Morgan fingerprint density at radius 3 is 2.50 bits per heavy atom. The van der Waals surface area contributed by atoms with E-state index in [1.807, 2.05) is 12.1 Å². The molecule has 0 bridgehead atoms. The summed E-state index contributed by atoms with van der Waals surface area (Å²) in [6, 6.07) is 14.7. The van der Waals surface area contributed by atoms with Gasteiger partial charge in [0, 0.05) is 0 Å². The zero-order valence-corrected chi connectivity index (χ0v) is 12.4. The average Bonchev–Trinajstić information content (AvgIpc) is 2.51. The van der Waals surface area contributed by atoms with Crippen LogP contribution in [0.4, 0.5) is 0 Å². The van der Waals surface area contributed by atoms with E-state index < -0.39 is 0 Å². The van der Waals surface area contributed by atoms with Gasteiger partial charge in [-0.3, -0.25) is 4.79 Å². The third-order valence-corrected chi connectivity index (χ3v) is 4.10. The van der Waals surface area contributed by atoms with E-state index in [1.165, 1.54) is 23.4 Å². The molecule has 0 amide bonds. The van der Waals surface area contributed by atoms with Crippen molar-refractivity contribution >= 4 is 16.7 Å².